The molecule has 0 aliphatic heterocycles. The molecule has 0 aliphatic rings. The number of hydrogen-bond donors (Lipinski definition) is 1. The second-order valence-corrected chi connectivity index (χ2v) is 5.24. The summed E-state index contributed by atoms with van der Waals surface area (Å²) in [7, 11) is 0. The van der Waals surface area contributed by atoms with Gasteiger partial charge in [-0.2, -0.15) is 0 Å². The van der Waals surface area contributed by atoms with Gasteiger partial charge in [-0.15, -0.1) is 0 Å². The molecule has 2 aromatic rings. The molecule has 23 heavy (non-hydrogen) atoms. The fourth-order valence-electron chi connectivity index (χ4n) is 1.98. The summed E-state index contributed by atoms with van der Waals surface area (Å²) in [5.41, 5.74) is 1.08. The Labute approximate surface area is 137 Å². The molecular formula is C17H13ClNO4-. The zero-order chi connectivity index (χ0) is 16.8. The summed E-state index contributed by atoms with van der Waals surface area (Å²) in [4.78, 5) is 34.7. The second-order valence-electron chi connectivity index (χ2n) is 4.80. The third kappa shape index (κ3) is 4.66. The summed E-state index contributed by atoms with van der Waals surface area (Å²) in [6.45, 7) is 0. The minimum Gasteiger partial charge on any atom is -0.550 e. The molecular weight excluding hydrogens is 318 g/mol. The summed E-state index contributed by atoms with van der Waals surface area (Å²) >= 11 is 5.80. The number of halogens is 1. The fraction of sp³-hybridized carbons (Fsp3) is 0.118. The van der Waals surface area contributed by atoms with E-state index in [1.807, 2.05) is 0 Å². The number of carboxylic acids is 1. The number of para-hydroxylation sites is 1. The van der Waals surface area contributed by atoms with E-state index in [-0.39, 0.29) is 18.6 Å². The van der Waals surface area contributed by atoms with Crippen molar-refractivity contribution in [2.75, 3.05) is 5.32 Å². The van der Waals surface area contributed by atoms with Crippen molar-refractivity contribution in [1.29, 1.82) is 0 Å². The molecule has 0 radical (unpaired) electrons. The SMILES string of the molecule is O=C([O-])CCC(=O)Nc1ccccc1C(=O)c1ccc(Cl)cc1. The Hall–Kier alpha value is -2.66. The number of ketones is 1. The quantitative estimate of drug-likeness (QED) is 0.821. The molecule has 6 heteroatoms. The zero-order valence-electron chi connectivity index (χ0n) is 12.0. The summed E-state index contributed by atoms with van der Waals surface area (Å²) in [6, 6.07) is 12.9. The number of rotatable bonds is 6. The predicted molar refractivity (Wildman–Crippen MR) is 84.2 cm³/mol. The summed E-state index contributed by atoms with van der Waals surface area (Å²) in [6.07, 6.45) is -0.592. The van der Waals surface area contributed by atoms with Gasteiger partial charge in [0.1, 0.15) is 0 Å². The minimum absolute atomic E-state index is 0.216. The lowest BCUT2D eigenvalue weighted by Crippen LogP contribution is -2.24. The molecule has 118 valence electrons. The maximum Gasteiger partial charge on any atom is 0.224 e. The lowest BCUT2D eigenvalue weighted by Gasteiger charge is -2.11. The van der Waals surface area contributed by atoms with Crippen LogP contribution in [0, 0.1) is 0 Å². The van der Waals surface area contributed by atoms with Crippen LogP contribution in [-0.4, -0.2) is 17.7 Å². The molecule has 0 aliphatic carbocycles. The predicted octanol–water partition coefficient (Wildman–Crippen LogP) is 2.04. The van der Waals surface area contributed by atoms with Gasteiger partial charge < -0.3 is 15.2 Å². The van der Waals surface area contributed by atoms with Crippen molar-refractivity contribution in [3.8, 4) is 0 Å². The van der Waals surface area contributed by atoms with Crippen molar-refractivity contribution in [3.63, 3.8) is 0 Å². The molecule has 0 aromatic heterocycles. The Morgan fingerprint density at radius 1 is 0.957 bits per heavy atom. The molecule has 2 aromatic carbocycles. The first kappa shape index (κ1) is 16.7. The molecule has 5 nitrogen and oxygen atoms in total. The third-order valence-electron chi connectivity index (χ3n) is 3.11. The Balaban J connectivity index is 2.20. The van der Waals surface area contributed by atoms with Crippen LogP contribution >= 0.6 is 11.6 Å². The molecule has 1 amide bonds. The minimum atomic E-state index is -1.30. The maximum atomic E-state index is 12.5. The number of benzene rings is 2. The second kappa shape index (κ2) is 7.56. The summed E-state index contributed by atoms with van der Waals surface area (Å²) in [5.74, 6) is -2.06. The lowest BCUT2D eigenvalue weighted by molar-refractivity contribution is -0.305. The van der Waals surface area contributed by atoms with Gasteiger partial charge in [-0.05, 0) is 42.8 Å². The van der Waals surface area contributed by atoms with Crippen molar-refractivity contribution in [3.05, 3.63) is 64.7 Å². The fourth-order valence-corrected chi connectivity index (χ4v) is 2.10. The number of anilines is 1. The highest BCUT2D eigenvalue weighted by Gasteiger charge is 2.14. The number of aliphatic carboxylic acids is 1. The zero-order valence-corrected chi connectivity index (χ0v) is 12.8. The van der Waals surface area contributed by atoms with E-state index in [4.69, 9.17) is 11.6 Å². The smallest absolute Gasteiger partial charge is 0.224 e. The Kier molecular flexibility index (Phi) is 5.49. The highest BCUT2D eigenvalue weighted by Crippen LogP contribution is 2.20. The van der Waals surface area contributed by atoms with Gasteiger partial charge in [0.05, 0.1) is 5.69 Å². The van der Waals surface area contributed by atoms with Gasteiger partial charge in [-0.25, -0.2) is 0 Å². The summed E-state index contributed by atoms with van der Waals surface area (Å²) in [5, 5.41) is 13.5. The number of hydrogen-bond acceptors (Lipinski definition) is 4. The van der Waals surface area contributed by atoms with Gasteiger partial charge in [-0.3, -0.25) is 9.59 Å². The first-order valence-electron chi connectivity index (χ1n) is 6.86. The van der Waals surface area contributed by atoms with Crippen molar-refractivity contribution < 1.29 is 19.5 Å². The number of nitrogens with one attached hydrogen (secondary N) is 1. The highest BCUT2D eigenvalue weighted by molar-refractivity contribution is 6.30. The molecule has 0 saturated heterocycles. The third-order valence-corrected chi connectivity index (χ3v) is 3.36. The van der Waals surface area contributed by atoms with Gasteiger partial charge >= 0.3 is 0 Å². The van der Waals surface area contributed by atoms with Gasteiger partial charge in [-0.1, -0.05) is 23.7 Å². The Bertz CT molecular complexity index is 741. The number of carbonyl (C=O) groups is 3. The monoisotopic (exact) mass is 330 g/mol. The number of carboxylic acid groups (broad SMARTS) is 1. The molecule has 1 N–H and O–H groups in total. The molecule has 0 spiro atoms. The van der Waals surface area contributed by atoms with Crippen LogP contribution in [0.4, 0.5) is 5.69 Å². The average molecular weight is 331 g/mol. The molecule has 0 unspecified atom stereocenters. The topological polar surface area (TPSA) is 86.3 Å². The van der Waals surface area contributed by atoms with Crippen LogP contribution in [0.5, 0.6) is 0 Å². The molecule has 0 heterocycles. The first-order valence-corrected chi connectivity index (χ1v) is 7.24. The summed E-state index contributed by atoms with van der Waals surface area (Å²) < 4.78 is 0. The average Bonchev–Trinajstić information content (AvgIpc) is 2.53. The van der Waals surface area contributed by atoms with E-state index in [1.54, 1.807) is 48.5 Å². The van der Waals surface area contributed by atoms with Crippen molar-refractivity contribution in [2.45, 2.75) is 12.8 Å². The molecule has 2 rings (SSSR count). The van der Waals surface area contributed by atoms with Crippen LogP contribution in [0.1, 0.15) is 28.8 Å². The van der Waals surface area contributed by atoms with E-state index >= 15 is 0 Å². The van der Waals surface area contributed by atoms with E-state index in [0.29, 0.717) is 21.8 Å². The van der Waals surface area contributed by atoms with E-state index in [0.717, 1.165) is 0 Å². The Morgan fingerprint density at radius 3 is 2.26 bits per heavy atom. The van der Waals surface area contributed by atoms with Gasteiger partial charge in [0.25, 0.3) is 0 Å². The van der Waals surface area contributed by atoms with Gasteiger partial charge in [0.2, 0.25) is 5.91 Å². The number of carbonyl (C=O) groups excluding carboxylic acids is 3. The first-order chi connectivity index (χ1) is 11.0. The van der Waals surface area contributed by atoms with Crippen LogP contribution in [0.15, 0.2) is 48.5 Å². The highest BCUT2D eigenvalue weighted by atomic mass is 35.5. The van der Waals surface area contributed by atoms with Crippen LogP contribution in [0.25, 0.3) is 0 Å². The van der Waals surface area contributed by atoms with E-state index in [2.05, 4.69) is 5.32 Å². The lowest BCUT2D eigenvalue weighted by atomic mass is 10.0. The van der Waals surface area contributed by atoms with Crippen molar-refractivity contribution in [1.82, 2.24) is 0 Å². The van der Waals surface area contributed by atoms with Crippen molar-refractivity contribution in [2.24, 2.45) is 0 Å². The molecule has 0 atom stereocenters. The van der Waals surface area contributed by atoms with Crippen LogP contribution in [0.3, 0.4) is 0 Å². The standard InChI is InChI=1S/C17H14ClNO4/c18-12-7-5-11(6-8-12)17(23)13-3-1-2-4-14(13)19-15(20)9-10-16(21)22/h1-8H,9-10H2,(H,19,20)(H,21,22)/p-1. The molecule has 0 fully saturated rings. The van der Waals surface area contributed by atoms with Crippen LogP contribution in [-0.2, 0) is 9.59 Å². The van der Waals surface area contributed by atoms with Crippen molar-refractivity contribution >= 4 is 34.9 Å². The van der Waals surface area contributed by atoms with E-state index in [1.165, 1.54) is 0 Å². The Morgan fingerprint density at radius 2 is 1.61 bits per heavy atom. The largest absolute Gasteiger partial charge is 0.550 e. The van der Waals surface area contributed by atoms with Crippen LogP contribution < -0.4 is 10.4 Å². The van der Waals surface area contributed by atoms with Crippen LogP contribution in [0.2, 0.25) is 5.02 Å². The van der Waals surface area contributed by atoms with E-state index in [9.17, 15) is 19.5 Å². The molecule has 0 saturated carbocycles. The van der Waals surface area contributed by atoms with Gasteiger partial charge in [0.15, 0.2) is 5.78 Å². The number of amides is 1. The molecule has 0 bridgehead atoms. The van der Waals surface area contributed by atoms with Gasteiger partial charge in [0, 0.05) is 28.5 Å². The van der Waals surface area contributed by atoms with E-state index < -0.39 is 11.9 Å². The normalized spacial score (nSPS) is 10.1. The maximum absolute atomic E-state index is 12.5.